The maximum atomic E-state index is 13.1. The summed E-state index contributed by atoms with van der Waals surface area (Å²) in [5.74, 6) is 1.06. The SMILES string of the molecule is O=S(=O)(c1cc2c(cc1Br)OCO2)N1CC=C2CCCCC21. The first kappa shape index (κ1) is 14.5. The largest absolute Gasteiger partial charge is 0.454 e. The Labute approximate surface area is 138 Å². The maximum absolute atomic E-state index is 13.1. The van der Waals surface area contributed by atoms with Crippen LogP contribution in [0.25, 0.3) is 0 Å². The minimum absolute atomic E-state index is 0.0241. The van der Waals surface area contributed by atoms with Crippen LogP contribution in [0.15, 0.2) is 33.2 Å². The Bertz CT molecular complexity index is 759. The topological polar surface area (TPSA) is 55.8 Å². The average Bonchev–Trinajstić information content (AvgIpc) is 3.12. The van der Waals surface area contributed by atoms with Gasteiger partial charge in [-0.1, -0.05) is 18.1 Å². The van der Waals surface area contributed by atoms with E-state index in [0.717, 1.165) is 25.7 Å². The van der Waals surface area contributed by atoms with Gasteiger partial charge in [0, 0.05) is 23.1 Å². The molecule has 5 nitrogen and oxygen atoms in total. The number of hydrogen-bond acceptors (Lipinski definition) is 4. The first-order valence-electron chi connectivity index (χ1n) is 7.37. The van der Waals surface area contributed by atoms with Gasteiger partial charge in [-0.3, -0.25) is 0 Å². The normalized spacial score (nSPS) is 24.2. The smallest absolute Gasteiger partial charge is 0.245 e. The fourth-order valence-electron chi connectivity index (χ4n) is 3.41. The molecule has 118 valence electrons. The second-order valence-electron chi connectivity index (χ2n) is 5.75. The van der Waals surface area contributed by atoms with E-state index in [1.54, 1.807) is 16.4 Å². The Morgan fingerprint density at radius 2 is 1.95 bits per heavy atom. The highest BCUT2D eigenvalue weighted by Crippen LogP contribution is 2.42. The van der Waals surface area contributed by atoms with Gasteiger partial charge >= 0.3 is 0 Å². The van der Waals surface area contributed by atoms with Crippen LogP contribution < -0.4 is 9.47 Å². The van der Waals surface area contributed by atoms with Gasteiger partial charge in [-0.05, 0) is 41.3 Å². The molecule has 0 amide bonds. The average molecular weight is 386 g/mol. The Morgan fingerprint density at radius 3 is 2.77 bits per heavy atom. The third-order valence-corrected chi connectivity index (χ3v) is 7.35. The van der Waals surface area contributed by atoms with Crippen LogP contribution in [0, 0.1) is 0 Å². The Kier molecular flexibility index (Phi) is 3.47. The number of ether oxygens (including phenoxy) is 2. The highest BCUT2D eigenvalue weighted by atomic mass is 79.9. The molecule has 1 saturated carbocycles. The molecule has 0 spiro atoms. The summed E-state index contributed by atoms with van der Waals surface area (Å²) in [5, 5.41) is 0. The maximum Gasteiger partial charge on any atom is 0.245 e. The predicted octanol–water partition coefficient (Wildman–Crippen LogP) is 3.05. The molecule has 1 fully saturated rings. The number of fused-ring (bicyclic) bond motifs is 2. The lowest BCUT2D eigenvalue weighted by Gasteiger charge is -2.29. The van der Waals surface area contributed by atoms with E-state index in [-0.39, 0.29) is 17.7 Å². The number of halogens is 1. The lowest BCUT2D eigenvalue weighted by molar-refractivity contribution is 0.174. The molecule has 0 aromatic heterocycles. The lowest BCUT2D eigenvalue weighted by Crippen LogP contribution is -2.38. The van der Waals surface area contributed by atoms with E-state index in [1.807, 2.05) is 0 Å². The first-order valence-corrected chi connectivity index (χ1v) is 9.60. The Hall–Kier alpha value is -1.05. The van der Waals surface area contributed by atoms with Gasteiger partial charge in [0.2, 0.25) is 16.8 Å². The third-order valence-electron chi connectivity index (χ3n) is 4.52. The molecule has 1 aliphatic carbocycles. The summed E-state index contributed by atoms with van der Waals surface area (Å²) in [5.41, 5.74) is 1.27. The Balaban J connectivity index is 1.73. The van der Waals surface area contributed by atoms with Crippen molar-refractivity contribution in [3.63, 3.8) is 0 Å². The van der Waals surface area contributed by atoms with E-state index < -0.39 is 10.0 Å². The van der Waals surface area contributed by atoms with Crippen LogP contribution in [0.1, 0.15) is 25.7 Å². The van der Waals surface area contributed by atoms with Crippen molar-refractivity contribution < 1.29 is 17.9 Å². The molecule has 2 aliphatic heterocycles. The summed E-state index contributed by atoms with van der Waals surface area (Å²) in [6.45, 7) is 0.590. The van der Waals surface area contributed by atoms with Crippen LogP contribution in [-0.2, 0) is 10.0 Å². The van der Waals surface area contributed by atoms with E-state index in [9.17, 15) is 8.42 Å². The molecule has 0 saturated heterocycles. The van der Waals surface area contributed by atoms with Gasteiger partial charge in [0.15, 0.2) is 11.5 Å². The van der Waals surface area contributed by atoms with Crippen LogP contribution in [-0.4, -0.2) is 32.1 Å². The number of sulfonamides is 1. The summed E-state index contributed by atoms with van der Waals surface area (Å²) in [4.78, 5) is 0.247. The molecule has 0 bridgehead atoms. The molecule has 7 heteroatoms. The van der Waals surface area contributed by atoms with E-state index in [2.05, 4.69) is 22.0 Å². The van der Waals surface area contributed by atoms with Crippen LogP contribution in [0.4, 0.5) is 0 Å². The Morgan fingerprint density at radius 1 is 1.18 bits per heavy atom. The van der Waals surface area contributed by atoms with Gasteiger partial charge in [0.25, 0.3) is 0 Å². The summed E-state index contributed by atoms with van der Waals surface area (Å²) in [7, 11) is -3.56. The predicted molar refractivity (Wildman–Crippen MR) is 84.5 cm³/mol. The molecule has 0 radical (unpaired) electrons. The van der Waals surface area contributed by atoms with Crippen molar-refractivity contribution in [3.8, 4) is 11.5 Å². The van der Waals surface area contributed by atoms with Crippen LogP contribution in [0.2, 0.25) is 0 Å². The number of rotatable bonds is 2. The minimum atomic E-state index is -3.56. The number of benzene rings is 1. The zero-order chi connectivity index (χ0) is 15.3. The molecule has 1 aromatic rings. The second-order valence-corrected chi connectivity index (χ2v) is 8.46. The molecular weight excluding hydrogens is 370 g/mol. The number of hydrogen-bond donors (Lipinski definition) is 0. The third kappa shape index (κ3) is 2.18. The first-order chi connectivity index (χ1) is 10.6. The summed E-state index contributed by atoms with van der Waals surface area (Å²) >= 11 is 3.36. The standard InChI is InChI=1S/C15H16BrNO4S/c16-11-7-13-14(21-9-20-13)8-15(11)22(18,19)17-6-5-10-3-1-2-4-12(10)17/h5,7-8,12H,1-4,6,9H2. The molecule has 1 unspecified atom stereocenters. The molecule has 2 heterocycles. The fourth-order valence-corrected chi connectivity index (χ4v) is 6.01. The van der Waals surface area contributed by atoms with E-state index in [1.165, 1.54) is 5.57 Å². The van der Waals surface area contributed by atoms with Crippen molar-refractivity contribution in [2.24, 2.45) is 0 Å². The molecule has 4 rings (SSSR count). The second kappa shape index (κ2) is 5.25. The fraction of sp³-hybridized carbons (Fsp3) is 0.467. The van der Waals surface area contributed by atoms with Crippen molar-refractivity contribution in [3.05, 3.63) is 28.3 Å². The zero-order valence-corrected chi connectivity index (χ0v) is 14.3. The van der Waals surface area contributed by atoms with Crippen LogP contribution in [0.5, 0.6) is 11.5 Å². The molecule has 22 heavy (non-hydrogen) atoms. The highest BCUT2D eigenvalue weighted by molar-refractivity contribution is 9.10. The van der Waals surface area contributed by atoms with Gasteiger partial charge in [-0.25, -0.2) is 8.42 Å². The monoisotopic (exact) mass is 385 g/mol. The van der Waals surface area contributed by atoms with Gasteiger partial charge in [-0.15, -0.1) is 0 Å². The van der Waals surface area contributed by atoms with Gasteiger partial charge in [-0.2, -0.15) is 4.31 Å². The molecule has 0 N–H and O–H groups in total. The summed E-state index contributed by atoms with van der Waals surface area (Å²) in [6.07, 6.45) is 6.23. The molecular formula is C15H16BrNO4S. The zero-order valence-electron chi connectivity index (χ0n) is 11.9. The molecule has 1 atom stereocenters. The van der Waals surface area contributed by atoms with Crippen molar-refractivity contribution >= 4 is 26.0 Å². The van der Waals surface area contributed by atoms with Gasteiger partial charge < -0.3 is 9.47 Å². The van der Waals surface area contributed by atoms with Gasteiger partial charge in [0.1, 0.15) is 4.90 Å². The summed E-state index contributed by atoms with van der Waals surface area (Å²) in [6, 6.07) is 3.25. The minimum Gasteiger partial charge on any atom is -0.454 e. The van der Waals surface area contributed by atoms with E-state index in [4.69, 9.17) is 9.47 Å². The van der Waals surface area contributed by atoms with Crippen LogP contribution in [0.3, 0.4) is 0 Å². The number of nitrogens with zero attached hydrogens (tertiary/aromatic N) is 1. The van der Waals surface area contributed by atoms with Crippen LogP contribution >= 0.6 is 15.9 Å². The van der Waals surface area contributed by atoms with Gasteiger partial charge in [0.05, 0.1) is 0 Å². The molecule has 1 aromatic carbocycles. The van der Waals surface area contributed by atoms with E-state index in [0.29, 0.717) is 22.5 Å². The lowest BCUT2D eigenvalue weighted by atomic mass is 9.92. The van der Waals surface area contributed by atoms with Crippen molar-refractivity contribution in [1.82, 2.24) is 4.31 Å². The van der Waals surface area contributed by atoms with Crippen molar-refractivity contribution in [2.45, 2.75) is 36.6 Å². The quantitative estimate of drug-likeness (QED) is 0.734. The highest BCUT2D eigenvalue weighted by Gasteiger charge is 2.39. The van der Waals surface area contributed by atoms with Crippen molar-refractivity contribution in [1.29, 1.82) is 0 Å². The van der Waals surface area contributed by atoms with E-state index >= 15 is 0 Å². The molecule has 3 aliphatic rings. The van der Waals surface area contributed by atoms with Crippen molar-refractivity contribution in [2.75, 3.05) is 13.3 Å². The summed E-state index contributed by atoms with van der Waals surface area (Å²) < 4.78 is 38.9.